The fourth-order valence-electron chi connectivity index (χ4n) is 0.733. The molecule has 0 aliphatic carbocycles. The van der Waals surface area contributed by atoms with Crippen LogP contribution in [0.2, 0.25) is 0 Å². The first kappa shape index (κ1) is 12.9. The molecule has 0 saturated heterocycles. The van der Waals surface area contributed by atoms with Crippen molar-refractivity contribution in [3.05, 3.63) is 0 Å². The Balaban J connectivity index is 3.52. The second-order valence-electron chi connectivity index (χ2n) is 4.17. The Morgan fingerprint density at radius 2 is 1.86 bits per heavy atom. The number of hydrogen-bond acceptors (Lipinski definition) is 3. The molecule has 5 heteroatoms. The lowest BCUT2D eigenvalue weighted by Crippen LogP contribution is -2.43. The van der Waals surface area contributed by atoms with Gasteiger partial charge in [-0.1, -0.05) is 0 Å². The van der Waals surface area contributed by atoms with Crippen LogP contribution >= 0.6 is 0 Å². The van der Waals surface area contributed by atoms with Gasteiger partial charge in [0, 0.05) is 18.5 Å². The van der Waals surface area contributed by atoms with Crippen LogP contribution in [0.1, 0.15) is 27.2 Å². The molecule has 0 atom stereocenters. The molecular weight excluding hydrogens is 182 g/mol. The quantitative estimate of drug-likeness (QED) is 0.553. The lowest BCUT2D eigenvalue weighted by atomic mass is 10.1. The van der Waals surface area contributed by atoms with E-state index in [0.717, 1.165) is 0 Å². The zero-order chi connectivity index (χ0) is 11.2. The van der Waals surface area contributed by atoms with E-state index in [4.69, 9.17) is 5.73 Å². The van der Waals surface area contributed by atoms with Gasteiger partial charge in [-0.15, -0.1) is 0 Å². The molecule has 5 nitrogen and oxygen atoms in total. The van der Waals surface area contributed by atoms with Gasteiger partial charge in [0.25, 0.3) is 0 Å². The first-order valence-electron chi connectivity index (χ1n) is 4.61. The summed E-state index contributed by atoms with van der Waals surface area (Å²) in [6, 6.07) is 0. The SMILES string of the molecule is CC(C)(C)NCC(=O)NCCC(N)=O. The molecule has 4 N–H and O–H groups in total. The van der Waals surface area contributed by atoms with E-state index in [1.165, 1.54) is 0 Å². The Labute approximate surface area is 84.4 Å². The molecule has 0 saturated carbocycles. The van der Waals surface area contributed by atoms with Crippen molar-refractivity contribution in [2.45, 2.75) is 32.7 Å². The van der Waals surface area contributed by atoms with Crippen LogP contribution in [0, 0.1) is 0 Å². The Bertz CT molecular complexity index is 209. The summed E-state index contributed by atoms with van der Waals surface area (Å²) in [6.45, 7) is 6.49. The second kappa shape index (κ2) is 5.59. The molecule has 0 aromatic carbocycles. The van der Waals surface area contributed by atoms with E-state index in [1.54, 1.807) is 0 Å². The normalized spacial score (nSPS) is 11.1. The minimum absolute atomic E-state index is 0.0823. The number of nitrogens with one attached hydrogen (secondary N) is 2. The van der Waals surface area contributed by atoms with Crippen molar-refractivity contribution in [2.24, 2.45) is 5.73 Å². The van der Waals surface area contributed by atoms with Gasteiger partial charge in [0.15, 0.2) is 0 Å². The van der Waals surface area contributed by atoms with E-state index < -0.39 is 5.91 Å². The van der Waals surface area contributed by atoms with Gasteiger partial charge < -0.3 is 16.4 Å². The van der Waals surface area contributed by atoms with Crippen LogP contribution in [0.3, 0.4) is 0 Å². The summed E-state index contributed by atoms with van der Waals surface area (Å²) in [5.74, 6) is -0.532. The monoisotopic (exact) mass is 201 g/mol. The van der Waals surface area contributed by atoms with Crippen molar-refractivity contribution in [1.29, 1.82) is 0 Å². The zero-order valence-corrected chi connectivity index (χ0v) is 9.02. The second-order valence-corrected chi connectivity index (χ2v) is 4.17. The van der Waals surface area contributed by atoms with Crippen LogP contribution in [0.5, 0.6) is 0 Å². The molecule has 0 spiro atoms. The van der Waals surface area contributed by atoms with Gasteiger partial charge in [-0.2, -0.15) is 0 Å². The molecule has 0 aromatic rings. The van der Waals surface area contributed by atoms with E-state index in [0.29, 0.717) is 6.54 Å². The minimum atomic E-state index is -0.408. The fourth-order valence-corrected chi connectivity index (χ4v) is 0.733. The smallest absolute Gasteiger partial charge is 0.233 e. The zero-order valence-electron chi connectivity index (χ0n) is 9.02. The third-order valence-corrected chi connectivity index (χ3v) is 1.47. The van der Waals surface area contributed by atoms with E-state index >= 15 is 0 Å². The number of primary amides is 1. The number of nitrogens with two attached hydrogens (primary N) is 1. The maximum Gasteiger partial charge on any atom is 0.233 e. The lowest BCUT2D eigenvalue weighted by molar-refractivity contribution is -0.121. The van der Waals surface area contributed by atoms with Crippen molar-refractivity contribution in [3.8, 4) is 0 Å². The maximum absolute atomic E-state index is 11.1. The van der Waals surface area contributed by atoms with E-state index in [2.05, 4.69) is 10.6 Å². The van der Waals surface area contributed by atoms with Gasteiger partial charge in [0.1, 0.15) is 0 Å². The van der Waals surface area contributed by atoms with Gasteiger partial charge in [-0.05, 0) is 20.8 Å². The van der Waals surface area contributed by atoms with Crippen LogP contribution in [0.25, 0.3) is 0 Å². The molecule has 0 aliphatic heterocycles. The maximum atomic E-state index is 11.1. The highest BCUT2D eigenvalue weighted by molar-refractivity contribution is 5.79. The minimum Gasteiger partial charge on any atom is -0.370 e. The fraction of sp³-hybridized carbons (Fsp3) is 0.778. The number of carbonyl (C=O) groups excluding carboxylic acids is 2. The summed E-state index contributed by atoms with van der Waals surface area (Å²) >= 11 is 0. The van der Waals surface area contributed by atoms with Crippen molar-refractivity contribution < 1.29 is 9.59 Å². The summed E-state index contributed by atoms with van der Waals surface area (Å²) in [5.41, 5.74) is 4.83. The Morgan fingerprint density at radius 3 is 2.29 bits per heavy atom. The topological polar surface area (TPSA) is 84.2 Å². The lowest BCUT2D eigenvalue weighted by Gasteiger charge is -2.19. The summed E-state index contributed by atoms with van der Waals surface area (Å²) in [4.78, 5) is 21.5. The first-order valence-corrected chi connectivity index (χ1v) is 4.61. The number of rotatable bonds is 5. The Kier molecular flexibility index (Phi) is 5.15. The van der Waals surface area contributed by atoms with Crippen molar-refractivity contribution >= 4 is 11.8 Å². The van der Waals surface area contributed by atoms with E-state index in [-0.39, 0.29) is 24.4 Å². The standard InChI is InChI=1S/C9H19N3O2/c1-9(2,3)12-6-8(14)11-5-4-7(10)13/h12H,4-6H2,1-3H3,(H2,10,13)(H,11,14). The molecule has 0 unspecified atom stereocenters. The molecule has 0 fully saturated rings. The van der Waals surface area contributed by atoms with Gasteiger partial charge >= 0.3 is 0 Å². The van der Waals surface area contributed by atoms with E-state index in [1.807, 2.05) is 20.8 Å². The molecular formula is C9H19N3O2. The van der Waals surface area contributed by atoms with Crippen molar-refractivity contribution in [3.63, 3.8) is 0 Å². The molecule has 0 aromatic heterocycles. The van der Waals surface area contributed by atoms with Gasteiger partial charge in [-0.25, -0.2) is 0 Å². The highest BCUT2D eigenvalue weighted by atomic mass is 16.2. The number of amides is 2. The predicted octanol–water partition coefficient (Wildman–Crippen LogP) is -0.634. The third-order valence-electron chi connectivity index (χ3n) is 1.47. The summed E-state index contributed by atoms with van der Waals surface area (Å²) in [7, 11) is 0. The summed E-state index contributed by atoms with van der Waals surface area (Å²) in [6.07, 6.45) is 0.182. The van der Waals surface area contributed by atoms with Crippen LogP contribution < -0.4 is 16.4 Å². The van der Waals surface area contributed by atoms with Crippen LogP contribution in [0.4, 0.5) is 0 Å². The highest BCUT2D eigenvalue weighted by Crippen LogP contribution is 1.96. The van der Waals surface area contributed by atoms with Crippen LogP contribution in [0.15, 0.2) is 0 Å². The average Bonchev–Trinajstić information content (AvgIpc) is 1.99. The van der Waals surface area contributed by atoms with Gasteiger partial charge in [0.05, 0.1) is 6.54 Å². The third kappa shape index (κ3) is 8.99. The Morgan fingerprint density at radius 1 is 1.29 bits per heavy atom. The van der Waals surface area contributed by atoms with E-state index in [9.17, 15) is 9.59 Å². The molecule has 0 radical (unpaired) electrons. The first-order chi connectivity index (χ1) is 6.31. The Hall–Kier alpha value is -1.10. The van der Waals surface area contributed by atoms with Gasteiger partial charge in [-0.3, -0.25) is 9.59 Å². The van der Waals surface area contributed by atoms with Crippen LogP contribution in [-0.2, 0) is 9.59 Å². The predicted molar refractivity (Wildman–Crippen MR) is 54.6 cm³/mol. The number of hydrogen-bond donors (Lipinski definition) is 3. The average molecular weight is 201 g/mol. The molecule has 2 amide bonds. The molecule has 14 heavy (non-hydrogen) atoms. The molecule has 0 aliphatic rings. The number of carbonyl (C=O) groups is 2. The summed E-state index contributed by atoms with van der Waals surface area (Å²) in [5, 5.41) is 5.62. The molecule has 0 rings (SSSR count). The van der Waals surface area contributed by atoms with Crippen LogP contribution in [-0.4, -0.2) is 30.4 Å². The molecule has 0 bridgehead atoms. The molecule has 0 heterocycles. The highest BCUT2D eigenvalue weighted by Gasteiger charge is 2.10. The van der Waals surface area contributed by atoms with Crippen molar-refractivity contribution in [2.75, 3.05) is 13.1 Å². The van der Waals surface area contributed by atoms with Gasteiger partial charge in [0.2, 0.25) is 11.8 Å². The summed E-state index contributed by atoms with van der Waals surface area (Å²) < 4.78 is 0. The van der Waals surface area contributed by atoms with Crippen molar-refractivity contribution in [1.82, 2.24) is 10.6 Å². The molecule has 82 valence electrons. The largest absolute Gasteiger partial charge is 0.370 e.